The van der Waals surface area contributed by atoms with Crippen LogP contribution < -0.4 is 10.1 Å². The molecular formula is C18H21NO3. The first-order valence-corrected chi connectivity index (χ1v) is 7.32. The lowest BCUT2D eigenvalue weighted by molar-refractivity contribution is 0.0526. The van der Waals surface area contributed by atoms with E-state index >= 15 is 0 Å². The van der Waals surface area contributed by atoms with Gasteiger partial charge in [0.05, 0.1) is 13.2 Å². The van der Waals surface area contributed by atoms with Crippen LogP contribution in [0.2, 0.25) is 0 Å². The van der Waals surface area contributed by atoms with Crippen LogP contribution in [0, 0.1) is 0 Å². The van der Waals surface area contributed by atoms with Crippen molar-refractivity contribution in [2.75, 3.05) is 13.2 Å². The zero-order valence-corrected chi connectivity index (χ0v) is 12.9. The fraction of sp³-hybridized carbons (Fsp3) is 0.278. The Hall–Kier alpha value is -2.33. The van der Waals surface area contributed by atoms with Gasteiger partial charge in [0.15, 0.2) is 0 Å². The van der Waals surface area contributed by atoms with Crippen molar-refractivity contribution < 1.29 is 14.6 Å². The van der Waals surface area contributed by atoms with E-state index in [2.05, 4.69) is 5.32 Å². The van der Waals surface area contributed by atoms with Gasteiger partial charge in [-0.2, -0.15) is 0 Å². The molecule has 0 aliphatic heterocycles. The summed E-state index contributed by atoms with van der Waals surface area (Å²) in [6, 6.07) is 16.3. The molecule has 2 rings (SSSR count). The summed E-state index contributed by atoms with van der Waals surface area (Å²) in [5.74, 6) is 0.419. The summed E-state index contributed by atoms with van der Waals surface area (Å²) in [7, 11) is 0. The van der Waals surface area contributed by atoms with Crippen LogP contribution in [0.5, 0.6) is 5.75 Å². The van der Waals surface area contributed by atoms with Gasteiger partial charge < -0.3 is 15.2 Å². The Kier molecular flexibility index (Phi) is 5.17. The summed E-state index contributed by atoms with van der Waals surface area (Å²) in [4.78, 5) is 12.2. The van der Waals surface area contributed by atoms with E-state index in [4.69, 9.17) is 4.74 Å². The SMILES string of the molecule is CCOc1cccc(C(=O)NCC(C)(O)c2ccccc2)c1. The number of carbonyl (C=O) groups excluding carboxylic acids is 1. The third-order valence-corrected chi connectivity index (χ3v) is 3.40. The Morgan fingerprint density at radius 1 is 1.18 bits per heavy atom. The standard InChI is InChI=1S/C18H21NO3/c1-3-22-16-11-7-8-14(12-16)17(20)19-13-18(2,21)15-9-5-4-6-10-15/h4-12,21H,3,13H2,1-2H3,(H,19,20). The van der Waals surface area contributed by atoms with Gasteiger partial charge in [-0.05, 0) is 37.6 Å². The average molecular weight is 299 g/mol. The molecule has 4 nitrogen and oxygen atoms in total. The maximum absolute atomic E-state index is 12.2. The van der Waals surface area contributed by atoms with E-state index < -0.39 is 5.60 Å². The average Bonchev–Trinajstić information content (AvgIpc) is 2.54. The summed E-state index contributed by atoms with van der Waals surface area (Å²) in [6.07, 6.45) is 0. The van der Waals surface area contributed by atoms with Gasteiger partial charge in [-0.1, -0.05) is 36.4 Å². The summed E-state index contributed by atoms with van der Waals surface area (Å²) >= 11 is 0. The van der Waals surface area contributed by atoms with Crippen LogP contribution >= 0.6 is 0 Å². The molecule has 0 bridgehead atoms. The summed E-state index contributed by atoms with van der Waals surface area (Å²) in [5.41, 5.74) is 0.155. The molecule has 22 heavy (non-hydrogen) atoms. The Morgan fingerprint density at radius 3 is 2.59 bits per heavy atom. The molecule has 116 valence electrons. The number of aliphatic hydroxyl groups is 1. The van der Waals surface area contributed by atoms with Crippen molar-refractivity contribution in [3.8, 4) is 5.75 Å². The van der Waals surface area contributed by atoms with Crippen LogP contribution in [0.25, 0.3) is 0 Å². The Morgan fingerprint density at radius 2 is 1.91 bits per heavy atom. The predicted molar refractivity (Wildman–Crippen MR) is 86.0 cm³/mol. The van der Waals surface area contributed by atoms with Gasteiger partial charge >= 0.3 is 0 Å². The minimum absolute atomic E-state index is 0.134. The molecule has 0 saturated carbocycles. The molecule has 4 heteroatoms. The number of nitrogens with one attached hydrogen (secondary N) is 1. The molecule has 2 N–H and O–H groups in total. The van der Waals surface area contributed by atoms with Crippen LogP contribution in [-0.2, 0) is 5.60 Å². The van der Waals surface area contributed by atoms with Crippen molar-refractivity contribution in [2.24, 2.45) is 0 Å². The minimum Gasteiger partial charge on any atom is -0.494 e. The van der Waals surface area contributed by atoms with Gasteiger partial charge in [-0.3, -0.25) is 4.79 Å². The third-order valence-electron chi connectivity index (χ3n) is 3.40. The van der Waals surface area contributed by atoms with E-state index in [0.717, 1.165) is 5.56 Å². The fourth-order valence-electron chi connectivity index (χ4n) is 2.15. The Bertz CT molecular complexity index is 623. The summed E-state index contributed by atoms with van der Waals surface area (Å²) in [5, 5.41) is 13.2. The molecule has 1 unspecified atom stereocenters. The second-order valence-corrected chi connectivity index (χ2v) is 5.28. The lowest BCUT2D eigenvalue weighted by Gasteiger charge is -2.24. The maximum atomic E-state index is 12.2. The molecule has 0 aromatic heterocycles. The molecule has 0 heterocycles. The quantitative estimate of drug-likeness (QED) is 0.862. The zero-order chi connectivity index (χ0) is 16.0. The van der Waals surface area contributed by atoms with E-state index in [0.29, 0.717) is 17.9 Å². The highest BCUT2D eigenvalue weighted by Crippen LogP contribution is 2.19. The van der Waals surface area contributed by atoms with Crippen LogP contribution in [-0.4, -0.2) is 24.2 Å². The van der Waals surface area contributed by atoms with Crippen molar-refractivity contribution in [1.82, 2.24) is 5.32 Å². The van der Waals surface area contributed by atoms with Crippen molar-refractivity contribution in [2.45, 2.75) is 19.4 Å². The number of carbonyl (C=O) groups is 1. The number of amides is 1. The van der Waals surface area contributed by atoms with Crippen molar-refractivity contribution in [1.29, 1.82) is 0 Å². The monoisotopic (exact) mass is 299 g/mol. The molecule has 0 aliphatic carbocycles. The van der Waals surface area contributed by atoms with Crippen LogP contribution in [0.4, 0.5) is 0 Å². The third kappa shape index (κ3) is 4.09. The molecule has 0 saturated heterocycles. The smallest absolute Gasteiger partial charge is 0.251 e. The first-order valence-electron chi connectivity index (χ1n) is 7.32. The van der Waals surface area contributed by atoms with E-state index in [9.17, 15) is 9.90 Å². The molecular weight excluding hydrogens is 278 g/mol. The Labute approximate surface area is 130 Å². The predicted octanol–water partition coefficient (Wildman–Crippen LogP) is 2.72. The van der Waals surface area contributed by atoms with E-state index in [1.165, 1.54) is 0 Å². The highest BCUT2D eigenvalue weighted by atomic mass is 16.5. The highest BCUT2D eigenvalue weighted by Gasteiger charge is 2.23. The highest BCUT2D eigenvalue weighted by molar-refractivity contribution is 5.94. The van der Waals surface area contributed by atoms with Crippen molar-refractivity contribution >= 4 is 5.91 Å². The molecule has 0 radical (unpaired) electrons. The van der Waals surface area contributed by atoms with Crippen LogP contribution in [0.1, 0.15) is 29.8 Å². The summed E-state index contributed by atoms with van der Waals surface area (Å²) in [6.45, 7) is 4.26. The first-order chi connectivity index (χ1) is 10.5. The largest absolute Gasteiger partial charge is 0.494 e. The van der Waals surface area contributed by atoms with E-state index in [1.807, 2.05) is 37.3 Å². The number of ether oxygens (including phenoxy) is 1. The lowest BCUT2D eigenvalue weighted by Crippen LogP contribution is -2.38. The second-order valence-electron chi connectivity index (χ2n) is 5.28. The molecule has 2 aromatic carbocycles. The van der Waals surface area contributed by atoms with Crippen molar-refractivity contribution in [3.05, 3.63) is 65.7 Å². The Balaban J connectivity index is 2.02. The number of rotatable bonds is 6. The van der Waals surface area contributed by atoms with Gasteiger partial charge in [-0.25, -0.2) is 0 Å². The van der Waals surface area contributed by atoms with E-state index in [1.54, 1.807) is 31.2 Å². The molecule has 2 aromatic rings. The number of benzene rings is 2. The molecule has 0 aliphatic rings. The number of hydrogen-bond acceptors (Lipinski definition) is 3. The molecule has 1 atom stereocenters. The maximum Gasteiger partial charge on any atom is 0.251 e. The topological polar surface area (TPSA) is 58.6 Å². The molecule has 0 spiro atoms. The lowest BCUT2D eigenvalue weighted by atomic mass is 9.96. The second kappa shape index (κ2) is 7.09. The zero-order valence-electron chi connectivity index (χ0n) is 12.9. The van der Waals surface area contributed by atoms with Gasteiger partial charge in [0.25, 0.3) is 5.91 Å². The first kappa shape index (κ1) is 16.0. The van der Waals surface area contributed by atoms with E-state index in [-0.39, 0.29) is 12.5 Å². The normalized spacial score (nSPS) is 13.2. The van der Waals surface area contributed by atoms with Crippen molar-refractivity contribution in [3.63, 3.8) is 0 Å². The molecule has 0 fully saturated rings. The van der Waals surface area contributed by atoms with Gasteiger partial charge in [0.1, 0.15) is 11.4 Å². The molecule has 1 amide bonds. The number of hydrogen-bond donors (Lipinski definition) is 2. The van der Waals surface area contributed by atoms with Crippen LogP contribution in [0.3, 0.4) is 0 Å². The fourth-order valence-corrected chi connectivity index (χ4v) is 2.15. The minimum atomic E-state index is -1.12. The van der Waals surface area contributed by atoms with Gasteiger partial charge in [-0.15, -0.1) is 0 Å². The van der Waals surface area contributed by atoms with Gasteiger partial charge in [0, 0.05) is 5.56 Å². The van der Waals surface area contributed by atoms with Crippen LogP contribution in [0.15, 0.2) is 54.6 Å². The summed E-state index contributed by atoms with van der Waals surface area (Å²) < 4.78 is 5.38. The van der Waals surface area contributed by atoms with Gasteiger partial charge in [0.2, 0.25) is 0 Å².